The van der Waals surface area contributed by atoms with Crippen molar-refractivity contribution in [2.24, 2.45) is 11.7 Å². The van der Waals surface area contributed by atoms with Crippen molar-refractivity contribution in [2.75, 3.05) is 6.54 Å². The van der Waals surface area contributed by atoms with Gasteiger partial charge in [-0.1, -0.05) is 0 Å². The molecule has 0 saturated heterocycles. The van der Waals surface area contributed by atoms with Crippen LogP contribution in [0.3, 0.4) is 0 Å². The molecule has 0 aromatic rings. The molecule has 0 fully saturated rings. The van der Waals surface area contributed by atoms with Crippen molar-refractivity contribution in [2.45, 2.75) is 19.3 Å². The molecule has 5 heteroatoms. The predicted octanol–water partition coefficient (Wildman–Crippen LogP) is 0.691. The summed E-state index contributed by atoms with van der Waals surface area (Å²) in [6.45, 7) is 0.129. The van der Waals surface area contributed by atoms with Gasteiger partial charge in [0.25, 0.3) is 0 Å². The van der Waals surface area contributed by atoms with E-state index in [0.717, 1.165) is 0 Å². The summed E-state index contributed by atoms with van der Waals surface area (Å²) in [7, 11) is 0. The van der Waals surface area contributed by atoms with E-state index >= 15 is 0 Å². The molecule has 3 N–H and O–H groups in total. The first-order valence-electron chi connectivity index (χ1n) is 3.29. The lowest BCUT2D eigenvalue weighted by molar-refractivity contribution is -0.143. The third-order valence-electron chi connectivity index (χ3n) is 1.33. The lowest BCUT2D eigenvalue weighted by atomic mass is 10.0. The van der Waals surface area contributed by atoms with Crippen molar-refractivity contribution in [3.05, 3.63) is 0 Å². The topological polar surface area (TPSA) is 63.3 Å². The van der Waals surface area contributed by atoms with Gasteiger partial charge in [-0.2, -0.15) is 0 Å². The molecule has 0 rings (SSSR count). The van der Waals surface area contributed by atoms with Gasteiger partial charge in [0.2, 0.25) is 6.43 Å². The number of nitrogens with two attached hydrogens (primary N) is 1. The van der Waals surface area contributed by atoms with Crippen LogP contribution in [0.15, 0.2) is 0 Å². The van der Waals surface area contributed by atoms with E-state index in [1.54, 1.807) is 0 Å². The Morgan fingerprint density at radius 1 is 1.55 bits per heavy atom. The summed E-state index contributed by atoms with van der Waals surface area (Å²) in [5.41, 5.74) is 5.03. The maximum atomic E-state index is 11.7. The molecule has 0 saturated carbocycles. The first-order valence-corrected chi connectivity index (χ1v) is 3.29. The number of carbonyl (C=O) groups is 1. The second-order valence-corrected chi connectivity index (χ2v) is 2.24. The molecule has 0 aliphatic rings. The monoisotopic (exact) mass is 167 g/mol. The van der Waals surface area contributed by atoms with Crippen LogP contribution in [-0.4, -0.2) is 24.0 Å². The number of alkyl halides is 2. The maximum Gasteiger partial charge on any atom is 0.306 e. The molecule has 0 bridgehead atoms. The Bertz CT molecular complexity index is 130. The van der Waals surface area contributed by atoms with Crippen LogP contribution in [0.25, 0.3) is 0 Å². The molecule has 0 amide bonds. The SMILES string of the molecule is NCCC(CC(F)F)C(=O)O. The summed E-state index contributed by atoms with van der Waals surface area (Å²) >= 11 is 0. The van der Waals surface area contributed by atoms with E-state index in [-0.39, 0.29) is 13.0 Å². The number of hydrogen-bond acceptors (Lipinski definition) is 2. The molecule has 0 spiro atoms. The average Bonchev–Trinajstić information content (AvgIpc) is 1.86. The van der Waals surface area contributed by atoms with Gasteiger partial charge in [-0.15, -0.1) is 0 Å². The number of aliphatic carboxylic acids is 1. The van der Waals surface area contributed by atoms with Gasteiger partial charge in [-0.25, -0.2) is 8.78 Å². The molecule has 66 valence electrons. The van der Waals surface area contributed by atoms with Gasteiger partial charge in [0, 0.05) is 6.42 Å². The standard InChI is InChI=1S/C6H11F2NO2/c7-5(8)3-4(1-2-9)6(10)11/h4-5H,1-3,9H2,(H,10,11). The highest BCUT2D eigenvalue weighted by molar-refractivity contribution is 5.69. The van der Waals surface area contributed by atoms with E-state index in [1.165, 1.54) is 0 Å². The Morgan fingerprint density at radius 3 is 2.36 bits per heavy atom. The van der Waals surface area contributed by atoms with Gasteiger partial charge >= 0.3 is 5.97 Å². The van der Waals surface area contributed by atoms with Gasteiger partial charge in [-0.05, 0) is 13.0 Å². The summed E-state index contributed by atoms with van der Waals surface area (Å²) in [5, 5.41) is 8.36. The van der Waals surface area contributed by atoms with Gasteiger partial charge < -0.3 is 10.8 Å². The third-order valence-corrected chi connectivity index (χ3v) is 1.33. The van der Waals surface area contributed by atoms with E-state index in [4.69, 9.17) is 10.8 Å². The van der Waals surface area contributed by atoms with Crippen LogP contribution in [0.5, 0.6) is 0 Å². The summed E-state index contributed by atoms with van der Waals surface area (Å²) < 4.78 is 23.3. The van der Waals surface area contributed by atoms with Gasteiger partial charge in [0.05, 0.1) is 5.92 Å². The van der Waals surface area contributed by atoms with Crippen molar-refractivity contribution in [1.82, 2.24) is 0 Å². The molecule has 0 aliphatic heterocycles. The van der Waals surface area contributed by atoms with Gasteiger partial charge in [0.15, 0.2) is 0 Å². The number of halogens is 2. The van der Waals surface area contributed by atoms with Crippen molar-refractivity contribution < 1.29 is 18.7 Å². The first-order chi connectivity index (χ1) is 5.07. The highest BCUT2D eigenvalue weighted by Crippen LogP contribution is 2.13. The minimum atomic E-state index is -2.57. The fourth-order valence-corrected chi connectivity index (χ4v) is 0.758. The Labute approximate surface area is 63.2 Å². The number of carboxylic acids is 1. The molecule has 0 aliphatic carbocycles. The molecular weight excluding hydrogens is 156 g/mol. The minimum Gasteiger partial charge on any atom is -0.481 e. The van der Waals surface area contributed by atoms with Crippen LogP contribution in [0.4, 0.5) is 8.78 Å². The molecular formula is C6H11F2NO2. The summed E-state index contributed by atoms with van der Waals surface area (Å²) in [6, 6.07) is 0. The van der Waals surface area contributed by atoms with Crippen molar-refractivity contribution in [3.63, 3.8) is 0 Å². The van der Waals surface area contributed by atoms with E-state index in [0.29, 0.717) is 0 Å². The second kappa shape index (κ2) is 5.01. The quantitative estimate of drug-likeness (QED) is 0.633. The van der Waals surface area contributed by atoms with Crippen LogP contribution in [0.1, 0.15) is 12.8 Å². The highest BCUT2D eigenvalue weighted by Gasteiger charge is 2.20. The van der Waals surface area contributed by atoms with Crippen molar-refractivity contribution in [3.8, 4) is 0 Å². The van der Waals surface area contributed by atoms with E-state index < -0.39 is 24.7 Å². The number of hydrogen-bond donors (Lipinski definition) is 2. The van der Waals surface area contributed by atoms with Gasteiger partial charge in [-0.3, -0.25) is 4.79 Å². The Kier molecular flexibility index (Phi) is 4.69. The number of carboxylic acid groups (broad SMARTS) is 1. The summed E-state index contributed by atoms with van der Waals surface area (Å²) in [4.78, 5) is 10.2. The van der Waals surface area contributed by atoms with Crippen LogP contribution in [0, 0.1) is 5.92 Å². The molecule has 11 heavy (non-hydrogen) atoms. The molecule has 1 atom stereocenters. The summed E-state index contributed by atoms with van der Waals surface area (Å²) in [5.74, 6) is -2.20. The zero-order valence-electron chi connectivity index (χ0n) is 5.96. The molecule has 0 radical (unpaired) electrons. The maximum absolute atomic E-state index is 11.7. The predicted molar refractivity (Wildman–Crippen MR) is 35.4 cm³/mol. The Hall–Kier alpha value is -0.710. The van der Waals surface area contributed by atoms with Gasteiger partial charge in [0.1, 0.15) is 0 Å². The van der Waals surface area contributed by atoms with Crippen LogP contribution in [0.2, 0.25) is 0 Å². The number of rotatable bonds is 5. The van der Waals surface area contributed by atoms with E-state index in [2.05, 4.69) is 0 Å². The van der Waals surface area contributed by atoms with Crippen molar-refractivity contribution in [1.29, 1.82) is 0 Å². The zero-order valence-corrected chi connectivity index (χ0v) is 5.96. The Morgan fingerprint density at radius 2 is 2.09 bits per heavy atom. The average molecular weight is 167 g/mol. The minimum absolute atomic E-state index is 0.111. The van der Waals surface area contributed by atoms with Crippen LogP contribution < -0.4 is 5.73 Å². The van der Waals surface area contributed by atoms with Crippen molar-refractivity contribution >= 4 is 5.97 Å². The second-order valence-electron chi connectivity index (χ2n) is 2.24. The molecule has 0 aromatic heterocycles. The van der Waals surface area contributed by atoms with Crippen LogP contribution >= 0.6 is 0 Å². The normalized spacial score (nSPS) is 13.5. The fourth-order valence-electron chi connectivity index (χ4n) is 0.758. The molecule has 3 nitrogen and oxygen atoms in total. The molecule has 0 aromatic carbocycles. The smallest absolute Gasteiger partial charge is 0.306 e. The lowest BCUT2D eigenvalue weighted by Gasteiger charge is -2.08. The summed E-state index contributed by atoms with van der Waals surface area (Å²) in [6.07, 6.45) is -3.06. The van der Waals surface area contributed by atoms with Crippen LogP contribution in [-0.2, 0) is 4.79 Å². The largest absolute Gasteiger partial charge is 0.481 e. The van der Waals surface area contributed by atoms with E-state index in [9.17, 15) is 13.6 Å². The first kappa shape index (κ1) is 10.3. The lowest BCUT2D eigenvalue weighted by Crippen LogP contribution is -2.20. The Balaban J connectivity index is 3.79. The highest BCUT2D eigenvalue weighted by atomic mass is 19.3. The van der Waals surface area contributed by atoms with E-state index in [1.807, 2.05) is 0 Å². The molecule has 1 unspecified atom stereocenters. The zero-order chi connectivity index (χ0) is 8.85. The fraction of sp³-hybridized carbons (Fsp3) is 0.833. The molecule has 0 heterocycles. The third kappa shape index (κ3) is 4.66.